The number of hydrogen-bond acceptors (Lipinski definition) is 6. The molecule has 0 saturated carbocycles. The van der Waals surface area contributed by atoms with Crippen LogP contribution >= 0.6 is 0 Å². The molecular weight excluding hydrogens is 438 g/mol. The molecule has 4 rings (SSSR count). The Morgan fingerprint density at radius 1 is 1.14 bits per heavy atom. The molecule has 7 nitrogen and oxygen atoms in total. The van der Waals surface area contributed by atoms with Gasteiger partial charge >= 0.3 is 0 Å². The highest BCUT2D eigenvalue weighted by Crippen LogP contribution is 2.23. The number of methoxy groups -OCH3 is 1. The van der Waals surface area contributed by atoms with Crippen LogP contribution in [-0.2, 0) is 9.53 Å². The Labute approximate surface area is 206 Å². The zero-order chi connectivity index (χ0) is 24.6. The molecule has 0 bridgehead atoms. The summed E-state index contributed by atoms with van der Waals surface area (Å²) in [6, 6.07) is 22.7. The van der Waals surface area contributed by atoms with E-state index in [4.69, 9.17) is 10.00 Å². The van der Waals surface area contributed by atoms with Crippen molar-refractivity contribution in [2.24, 2.45) is 0 Å². The van der Waals surface area contributed by atoms with Crippen molar-refractivity contribution in [1.29, 1.82) is 5.26 Å². The molecule has 1 unspecified atom stereocenters. The number of carbonyl (C=O) groups is 1. The Morgan fingerprint density at radius 3 is 2.54 bits per heavy atom. The fourth-order valence-electron chi connectivity index (χ4n) is 4.31. The van der Waals surface area contributed by atoms with Gasteiger partial charge in [-0.05, 0) is 47.7 Å². The Hall–Kier alpha value is -3.73. The van der Waals surface area contributed by atoms with Crippen molar-refractivity contribution in [3.63, 3.8) is 0 Å². The first-order valence-corrected chi connectivity index (χ1v) is 11.9. The van der Waals surface area contributed by atoms with Crippen LogP contribution in [0.4, 0.5) is 11.5 Å². The second kappa shape index (κ2) is 11.6. The summed E-state index contributed by atoms with van der Waals surface area (Å²) < 4.78 is 5.45. The van der Waals surface area contributed by atoms with Gasteiger partial charge in [-0.2, -0.15) is 5.26 Å². The number of aromatic nitrogens is 1. The number of nitrogens with zero attached hydrogens (tertiary/aromatic N) is 3. The summed E-state index contributed by atoms with van der Waals surface area (Å²) in [5, 5.41) is 15.4. The number of pyridine rings is 1. The topological polar surface area (TPSA) is 90.3 Å². The lowest BCUT2D eigenvalue weighted by molar-refractivity contribution is -0.118. The van der Waals surface area contributed by atoms with E-state index in [2.05, 4.69) is 33.5 Å². The molecule has 2 aromatic carbocycles. The molecule has 2 heterocycles. The third kappa shape index (κ3) is 6.24. The first-order valence-electron chi connectivity index (χ1n) is 11.9. The number of nitrogens with one attached hydrogen (secondary N) is 2. The lowest BCUT2D eigenvalue weighted by Crippen LogP contribution is -2.35. The normalized spacial score (nSPS) is 16.9. The summed E-state index contributed by atoms with van der Waals surface area (Å²) in [5.41, 5.74) is 3.66. The molecule has 0 spiro atoms. The molecule has 0 radical (unpaired) electrons. The SMILES string of the molecule is CO[C@H]1CCN(c2ccc(NC(=O)[C@@H](NCC(C)c3ccc(C#N)cc3)c3ccccc3)nc2)C1. The monoisotopic (exact) mass is 469 g/mol. The van der Waals surface area contributed by atoms with Gasteiger partial charge in [0.1, 0.15) is 11.9 Å². The van der Waals surface area contributed by atoms with E-state index in [-0.39, 0.29) is 17.9 Å². The maximum atomic E-state index is 13.3. The minimum atomic E-state index is -0.528. The Morgan fingerprint density at radius 2 is 1.91 bits per heavy atom. The number of carbonyl (C=O) groups excluding carboxylic acids is 1. The third-order valence-corrected chi connectivity index (χ3v) is 6.47. The molecule has 35 heavy (non-hydrogen) atoms. The van der Waals surface area contributed by atoms with E-state index in [1.165, 1.54) is 0 Å². The van der Waals surface area contributed by atoms with Crippen molar-refractivity contribution in [1.82, 2.24) is 10.3 Å². The van der Waals surface area contributed by atoms with Crippen LogP contribution in [0.25, 0.3) is 0 Å². The number of anilines is 2. The molecule has 0 aliphatic carbocycles. The Balaban J connectivity index is 1.42. The maximum Gasteiger partial charge on any atom is 0.247 e. The van der Waals surface area contributed by atoms with Crippen LogP contribution in [0.3, 0.4) is 0 Å². The van der Waals surface area contributed by atoms with Crippen molar-refractivity contribution < 1.29 is 9.53 Å². The van der Waals surface area contributed by atoms with Crippen LogP contribution in [0, 0.1) is 11.3 Å². The average Bonchev–Trinajstić information content (AvgIpc) is 3.39. The predicted molar refractivity (Wildman–Crippen MR) is 137 cm³/mol. The highest BCUT2D eigenvalue weighted by atomic mass is 16.5. The lowest BCUT2D eigenvalue weighted by Gasteiger charge is -2.22. The fourth-order valence-corrected chi connectivity index (χ4v) is 4.31. The van der Waals surface area contributed by atoms with Crippen molar-refractivity contribution in [3.05, 3.63) is 89.6 Å². The van der Waals surface area contributed by atoms with Gasteiger partial charge in [-0.25, -0.2) is 4.98 Å². The van der Waals surface area contributed by atoms with Crippen LogP contribution in [0.5, 0.6) is 0 Å². The van der Waals surface area contributed by atoms with Gasteiger partial charge in [0.15, 0.2) is 0 Å². The quantitative estimate of drug-likeness (QED) is 0.487. The summed E-state index contributed by atoms with van der Waals surface area (Å²) in [7, 11) is 1.74. The molecule has 1 fully saturated rings. The van der Waals surface area contributed by atoms with E-state index in [1.54, 1.807) is 13.3 Å². The van der Waals surface area contributed by atoms with Crippen LogP contribution in [0.1, 0.15) is 42.0 Å². The molecule has 1 amide bonds. The zero-order valence-electron chi connectivity index (χ0n) is 20.1. The molecular formula is C28H31N5O2. The second-order valence-corrected chi connectivity index (χ2v) is 8.87. The number of benzene rings is 2. The molecule has 180 valence electrons. The first-order chi connectivity index (χ1) is 17.1. The van der Waals surface area contributed by atoms with Crippen LogP contribution in [-0.4, -0.2) is 43.7 Å². The summed E-state index contributed by atoms with van der Waals surface area (Å²) in [4.78, 5) is 20.0. The lowest BCUT2D eigenvalue weighted by atomic mass is 9.98. The van der Waals surface area contributed by atoms with Gasteiger partial charge < -0.3 is 20.3 Å². The van der Waals surface area contributed by atoms with E-state index in [0.29, 0.717) is 17.9 Å². The first kappa shape index (κ1) is 24.4. The van der Waals surface area contributed by atoms with E-state index < -0.39 is 6.04 Å². The largest absolute Gasteiger partial charge is 0.380 e. The zero-order valence-corrected chi connectivity index (χ0v) is 20.1. The van der Waals surface area contributed by atoms with Gasteiger partial charge in [0.05, 0.1) is 29.6 Å². The smallest absolute Gasteiger partial charge is 0.247 e. The molecule has 3 aromatic rings. The van der Waals surface area contributed by atoms with E-state index in [0.717, 1.165) is 36.3 Å². The standard InChI is InChI=1S/C28H31N5O2/c1-20(22-10-8-21(16-29)9-11-22)17-31-27(23-6-4-3-5-7-23)28(34)32-26-13-12-24(18-30-26)33-15-14-25(19-33)35-2/h3-13,18,20,25,27,31H,14-15,17,19H2,1-2H3,(H,30,32,34)/t20?,25-,27-/m0/s1. The molecule has 3 atom stereocenters. The number of amides is 1. The summed E-state index contributed by atoms with van der Waals surface area (Å²) in [5.74, 6) is 0.517. The Bertz CT molecular complexity index is 1140. The van der Waals surface area contributed by atoms with Gasteiger partial charge in [-0.1, -0.05) is 49.4 Å². The van der Waals surface area contributed by atoms with Crippen molar-refractivity contribution in [2.75, 3.05) is 37.0 Å². The van der Waals surface area contributed by atoms with Gasteiger partial charge in [0.2, 0.25) is 5.91 Å². The van der Waals surface area contributed by atoms with Gasteiger partial charge in [-0.15, -0.1) is 0 Å². The molecule has 1 aliphatic heterocycles. The van der Waals surface area contributed by atoms with E-state index in [1.807, 2.05) is 66.7 Å². The van der Waals surface area contributed by atoms with Crippen LogP contribution < -0.4 is 15.5 Å². The molecule has 7 heteroatoms. The number of ether oxygens (including phenoxy) is 1. The molecule has 2 N–H and O–H groups in total. The van der Waals surface area contributed by atoms with Crippen molar-refractivity contribution in [2.45, 2.75) is 31.4 Å². The fraction of sp³-hybridized carbons (Fsp3) is 0.321. The Kier molecular flexibility index (Phi) is 8.09. The second-order valence-electron chi connectivity index (χ2n) is 8.87. The van der Waals surface area contributed by atoms with Crippen molar-refractivity contribution >= 4 is 17.4 Å². The summed E-state index contributed by atoms with van der Waals surface area (Å²) >= 11 is 0. The average molecular weight is 470 g/mol. The number of rotatable bonds is 9. The van der Waals surface area contributed by atoms with E-state index in [9.17, 15) is 4.79 Å². The van der Waals surface area contributed by atoms with Gasteiger partial charge in [0, 0.05) is 26.7 Å². The molecule has 1 aliphatic rings. The summed E-state index contributed by atoms with van der Waals surface area (Å²) in [6.07, 6.45) is 3.05. The predicted octanol–water partition coefficient (Wildman–Crippen LogP) is 4.25. The maximum absolute atomic E-state index is 13.3. The van der Waals surface area contributed by atoms with E-state index >= 15 is 0 Å². The van der Waals surface area contributed by atoms with Gasteiger partial charge in [0.25, 0.3) is 0 Å². The van der Waals surface area contributed by atoms with Crippen molar-refractivity contribution in [3.8, 4) is 6.07 Å². The number of hydrogen-bond donors (Lipinski definition) is 2. The number of nitriles is 1. The molecule has 1 saturated heterocycles. The van der Waals surface area contributed by atoms with Crippen LogP contribution in [0.2, 0.25) is 0 Å². The highest BCUT2D eigenvalue weighted by molar-refractivity contribution is 5.94. The highest BCUT2D eigenvalue weighted by Gasteiger charge is 2.24. The minimum absolute atomic E-state index is 0.163. The van der Waals surface area contributed by atoms with Crippen LogP contribution in [0.15, 0.2) is 72.9 Å². The van der Waals surface area contributed by atoms with Gasteiger partial charge in [-0.3, -0.25) is 4.79 Å². The summed E-state index contributed by atoms with van der Waals surface area (Å²) in [6.45, 7) is 4.48. The molecule has 1 aromatic heterocycles. The third-order valence-electron chi connectivity index (χ3n) is 6.47. The minimum Gasteiger partial charge on any atom is -0.380 e.